The van der Waals surface area contributed by atoms with Gasteiger partial charge in [0.25, 0.3) is 5.56 Å². The van der Waals surface area contributed by atoms with Crippen molar-refractivity contribution in [3.8, 4) is 5.75 Å². The molecule has 0 bridgehead atoms. The lowest BCUT2D eigenvalue weighted by Gasteiger charge is -2.11. The molecule has 0 spiro atoms. The minimum atomic E-state index is -0.553. The van der Waals surface area contributed by atoms with Crippen molar-refractivity contribution in [3.63, 3.8) is 0 Å². The molecule has 0 aliphatic rings. The van der Waals surface area contributed by atoms with Gasteiger partial charge in [-0.3, -0.25) is 19.0 Å². The van der Waals surface area contributed by atoms with E-state index >= 15 is 0 Å². The number of hydrogen-bond acceptors (Lipinski definition) is 5. The van der Waals surface area contributed by atoms with Crippen LogP contribution in [0.25, 0.3) is 0 Å². The van der Waals surface area contributed by atoms with E-state index < -0.39 is 23.1 Å². The van der Waals surface area contributed by atoms with E-state index in [-0.39, 0.29) is 31.0 Å². The summed E-state index contributed by atoms with van der Waals surface area (Å²) in [7, 11) is 1.50. The van der Waals surface area contributed by atoms with Crippen molar-refractivity contribution in [2.45, 2.75) is 13.0 Å². The second kappa shape index (κ2) is 9.60. The highest BCUT2D eigenvalue weighted by atomic mass is 19.1. The molecule has 1 amide bonds. The van der Waals surface area contributed by atoms with E-state index in [9.17, 15) is 18.8 Å². The first kappa shape index (κ1) is 20.9. The molecule has 0 atom stereocenters. The molecular formula is C22H20FN3O4. The maximum absolute atomic E-state index is 12.9. The van der Waals surface area contributed by atoms with Crippen molar-refractivity contribution in [3.05, 3.63) is 93.9 Å². The van der Waals surface area contributed by atoms with Crippen LogP contribution in [-0.4, -0.2) is 27.8 Å². The number of benzene rings is 2. The molecule has 3 aromatic rings. The fourth-order valence-corrected chi connectivity index (χ4v) is 2.69. The van der Waals surface area contributed by atoms with Crippen LogP contribution in [0.1, 0.15) is 21.6 Å². The Kier molecular flexibility index (Phi) is 6.69. The van der Waals surface area contributed by atoms with Gasteiger partial charge < -0.3 is 10.1 Å². The third kappa shape index (κ3) is 5.38. The summed E-state index contributed by atoms with van der Waals surface area (Å²) in [6, 6.07) is 14.7. The Labute approximate surface area is 172 Å². The van der Waals surface area contributed by atoms with Crippen molar-refractivity contribution in [2.24, 2.45) is 7.05 Å². The van der Waals surface area contributed by atoms with Crippen LogP contribution in [0.5, 0.6) is 5.75 Å². The minimum absolute atomic E-state index is 0.00505. The highest BCUT2D eigenvalue weighted by molar-refractivity contribution is 5.99. The van der Waals surface area contributed by atoms with E-state index in [1.54, 1.807) is 0 Å². The van der Waals surface area contributed by atoms with E-state index in [4.69, 9.17) is 4.74 Å². The zero-order valence-electron chi connectivity index (χ0n) is 16.3. The number of nitrogens with one attached hydrogen (secondary N) is 1. The minimum Gasteiger partial charge on any atom is -0.481 e. The number of aromatic nitrogens is 2. The average Bonchev–Trinajstić information content (AvgIpc) is 2.75. The fourth-order valence-electron chi connectivity index (χ4n) is 2.69. The van der Waals surface area contributed by atoms with Crippen LogP contribution >= 0.6 is 0 Å². The van der Waals surface area contributed by atoms with Crippen LogP contribution < -0.4 is 15.6 Å². The summed E-state index contributed by atoms with van der Waals surface area (Å²) in [6.45, 7) is -0.249. The highest BCUT2D eigenvalue weighted by Crippen LogP contribution is 2.13. The largest absolute Gasteiger partial charge is 0.481 e. The maximum atomic E-state index is 12.9. The molecule has 1 heterocycles. The molecule has 0 aliphatic heterocycles. The standard InChI is InChI=1S/C22H20FN3O4/c1-26-14-25-20(21(22(26)29)30-13-16-5-3-2-4-6-16)18(27)12-24-19(28)11-15-7-9-17(23)10-8-15/h2-10,14H,11-13H2,1H3,(H,24,28). The molecule has 8 heteroatoms. The first-order valence-electron chi connectivity index (χ1n) is 9.20. The topological polar surface area (TPSA) is 90.3 Å². The molecule has 154 valence electrons. The molecule has 0 fully saturated rings. The van der Waals surface area contributed by atoms with Gasteiger partial charge in [0.15, 0.2) is 5.69 Å². The van der Waals surface area contributed by atoms with Crippen molar-refractivity contribution in [1.29, 1.82) is 0 Å². The second-order valence-corrected chi connectivity index (χ2v) is 6.62. The number of carbonyl (C=O) groups is 2. The fraction of sp³-hybridized carbons (Fsp3) is 0.182. The Balaban J connectivity index is 1.67. The zero-order valence-corrected chi connectivity index (χ0v) is 16.3. The Morgan fingerprint density at radius 3 is 2.47 bits per heavy atom. The molecule has 1 N–H and O–H groups in total. The van der Waals surface area contributed by atoms with Gasteiger partial charge in [-0.15, -0.1) is 0 Å². The number of ketones is 1. The summed E-state index contributed by atoms with van der Waals surface area (Å²) in [5.41, 5.74) is 0.798. The number of halogens is 1. The maximum Gasteiger partial charge on any atom is 0.296 e. The Bertz CT molecular complexity index is 1100. The summed E-state index contributed by atoms with van der Waals surface area (Å²) >= 11 is 0. The number of hydrogen-bond donors (Lipinski definition) is 1. The number of ether oxygens (including phenoxy) is 1. The predicted octanol–water partition coefficient (Wildman–Crippen LogP) is 2.04. The van der Waals surface area contributed by atoms with Crippen LogP contribution in [0.3, 0.4) is 0 Å². The number of carbonyl (C=O) groups excluding carboxylic acids is 2. The monoisotopic (exact) mass is 409 g/mol. The molecule has 3 rings (SSSR count). The lowest BCUT2D eigenvalue weighted by molar-refractivity contribution is -0.120. The molecule has 30 heavy (non-hydrogen) atoms. The molecule has 0 aliphatic carbocycles. The summed E-state index contributed by atoms with van der Waals surface area (Å²) in [4.78, 5) is 41.1. The highest BCUT2D eigenvalue weighted by Gasteiger charge is 2.20. The smallest absolute Gasteiger partial charge is 0.296 e. The lowest BCUT2D eigenvalue weighted by atomic mass is 10.1. The molecular weight excluding hydrogens is 389 g/mol. The third-order valence-corrected chi connectivity index (χ3v) is 4.30. The summed E-state index contributed by atoms with van der Waals surface area (Å²) in [5, 5.41) is 2.49. The van der Waals surface area contributed by atoms with Gasteiger partial charge in [-0.1, -0.05) is 42.5 Å². The first-order valence-corrected chi connectivity index (χ1v) is 9.20. The molecule has 7 nitrogen and oxygen atoms in total. The first-order chi connectivity index (χ1) is 14.4. The van der Waals surface area contributed by atoms with Gasteiger partial charge in [-0.2, -0.15) is 0 Å². The van der Waals surface area contributed by atoms with E-state index in [0.717, 1.165) is 5.56 Å². The Morgan fingerprint density at radius 2 is 1.77 bits per heavy atom. The quantitative estimate of drug-likeness (QED) is 0.575. The van der Waals surface area contributed by atoms with Crippen LogP contribution in [0.15, 0.2) is 65.7 Å². The average molecular weight is 409 g/mol. The molecule has 2 aromatic carbocycles. The van der Waals surface area contributed by atoms with Gasteiger partial charge in [0, 0.05) is 7.05 Å². The van der Waals surface area contributed by atoms with Crippen LogP contribution in [0.2, 0.25) is 0 Å². The normalized spacial score (nSPS) is 10.5. The van der Waals surface area contributed by atoms with Crippen molar-refractivity contribution in [2.75, 3.05) is 6.54 Å². The van der Waals surface area contributed by atoms with Gasteiger partial charge in [0.1, 0.15) is 12.4 Å². The summed E-state index contributed by atoms with van der Waals surface area (Å²) < 4.78 is 19.8. The van der Waals surface area contributed by atoms with Crippen molar-refractivity contribution < 1.29 is 18.7 Å². The summed E-state index contributed by atoms with van der Waals surface area (Å²) in [5.74, 6) is -1.52. The van der Waals surface area contributed by atoms with Gasteiger partial charge in [0.2, 0.25) is 17.4 Å². The Hall–Kier alpha value is -3.81. The third-order valence-electron chi connectivity index (χ3n) is 4.30. The van der Waals surface area contributed by atoms with Gasteiger partial charge in [0.05, 0.1) is 19.3 Å². The van der Waals surface area contributed by atoms with Crippen LogP contribution in [0.4, 0.5) is 4.39 Å². The van der Waals surface area contributed by atoms with Gasteiger partial charge in [-0.25, -0.2) is 9.37 Å². The zero-order chi connectivity index (χ0) is 21.5. The molecule has 0 saturated carbocycles. The number of Topliss-reactive ketones (excluding diaryl/α,β-unsaturated/α-hetero) is 1. The SMILES string of the molecule is Cn1cnc(C(=O)CNC(=O)Cc2ccc(F)cc2)c(OCc2ccccc2)c1=O. The van der Waals surface area contributed by atoms with Crippen LogP contribution in [0, 0.1) is 5.82 Å². The number of aryl methyl sites for hydroxylation is 1. The Morgan fingerprint density at radius 1 is 1.07 bits per heavy atom. The predicted molar refractivity (Wildman–Crippen MR) is 108 cm³/mol. The van der Waals surface area contributed by atoms with E-state index in [1.807, 2.05) is 30.3 Å². The van der Waals surface area contributed by atoms with E-state index in [2.05, 4.69) is 10.3 Å². The molecule has 0 radical (unpaired) electrons. The van der Waals surface area contributed by atoms with E-state index in [1.165, 1.54) is 42.2 Å². The molecule has 1 aromatic heterocycles. The molecule has 0 saturated heterocycles. The van der Waals surface area contributed by atoms with Gasteiger partial charge in [-0.05, 0) is 23.3 Å². The lowest BCUT2D eigenvalue weighted by Crippen LogP contribution is -2.32. The number of nitrogens with zero attached hydrogens (tertiary/aromatic N) is 2. The van der Waals surface area contributed by atoms with Crippen molar-refractivity contribution in [1.82, 2.24) is 14.9 Å². The number of amides is 1. The van der Waals surface area contributed by atoms with Crippen molar-refractivity contribution >= 4 is 11.7 Å². The second-order valence-electron chi connectivity index (χ2n) is 6.62. The number of rotatable bonds is 8. The molecule has 0 unspecified atom stereocenters. The summed E-state index contributed by atoms with van der Waals surface area (Å²) in [6.07, 6.45) is 1.22. The van der Waals surface area contributed by atoms with Gasteiger partial charge >= 0.3 is 0 Å². The van der Waals surface area contributed by atoms with Crippen LogP contribution in [-0.2, 0) is 24.9 Å². The van der Waals surface area contributed by atoms with E-state index in [0.29, 0.717) is 5.56 Å².